The van der Waals surface area contributed by atoms with E-state index in [1.54, 1.807) is 6.07 Å². The lowest BCUT2D eigenvalue weighted by atomic mass is 10.2. The lowest BCUT2D eigenvalue weighted by molar-refractivity contribution is 0.305. The van der Waals surface area contributed by atoms with E-state index in [0.29, 0.717) is 17.9 Å². The maximum absolute atomic E-state index is 8.96. The molecule has 17 heavy (non-hydrogen) atoms. The zero-order valence-electron chi connectivity index (χ0n) is 9.06. The summed E-state index contributed by atoms with van der Waals surface area (Å²) in [5, 5.41) is 8.96. The second kappa shape index (κ2) is 5.51. The van der Waals surface area contributed by atoms with E-state index < -0.39 is 0 Å². The van der Waals surface area contributed by atoms with Gasteiger partial charge in [0.1, 0.15) is 18.4 Å². The van der Waals surface area contributed by atoms with Crippen molar-refractivity contribution >= 4 is 15.9 Å². The van der Waals surface area contributed by atoms with Crippen molar-refractivity contribution in [1.29, 1.82) is 5.26 Å². The maximum Gasteiger partial charge on any atom is 0.138 e. The van der Waals surface area contributed by atoms with E-state index in [1.807, 2.05) is 42.5 Å². The summed E-state index contributed by atoms with van der Waals surface area (Å²) in [5.74, 6) is 0.603. The van der Waals surface area contributed by atoms with Gasteiger partial charge in [-0.05, 0) is 23.8 Å². The van der Waals surface area contributed by atoms with Gasteiger partial charge in [-0.3, -0.25) is 0 Å². The van der Waals surface area contributed by atoms with Gasteiger partial charge in [0.25, 0.3) is 0 Å². The molecule has 0 fully saturated rings. The number of ether oxygens (including phenoxy) is 1. The fraction of sp³-hybridized carbons (Fsp3) is 0.0714. The van der Waals surface area contributed by atoms with Crippen LogP contribution >= 0.6 is 15.9 Å². The van der Waals surface area contributed by atoms with E-state index in [1.165, 1.54) is 0 Å². The van der Waals surface area contributed by atoms with Crippen LogP contribution < -0.4 is 4.74 Å². The summed E-state index contributed by atoms with van der Waals surface area (Å²) in [6, 6.07) is 17.4. The number of hydrogen-bond donors (Lipinski definition) is 0. The number of hydrogen-bond acceptors (Lipinski definition) is 2. The summed E-state index contributed by atoms with van der Waals surface area (Å²) < 4.78 is 6.54. The fourth-order valence-electron chi connectivity index (χ4n) is 1.44. The van der Waals surface area contributed by atoms with Crippen molar-refractivity contribution in [2.24, 2.45) is 0 Å². The lowest BCUT2D eigenvalue weighted by Gasteiger charge is -2.08. The molecule has 0 aliphatic carbocycles. The summed E-state index contributed by atoms with van der Waals surface area (Å²) in [5.41, 5.74) is 1.63. The Hall–Kier alpha value is -1.79. The SMILES string of the molecule is N#Cc1ccc(Br)cc1OCc1ccccc1. The molecule has 0 amide bonds. The Morgan fingerprint density at radius 1 is 1.12 bits per heavy atom. The van der Waals surface area contributed by atoms with Crippen LogP contribution in [-0.4, -0.2) is 0 Å². The third kappa shape index (κ3) is 3.08. The minimum Gasteiger partial charge on any atom is -0.487 e. The van der Waals surface area contributed by atoms with E-state index in [4.69, 9.17) is 10.00 Å². The highest BCUT2D eigenvalue weighted by atomic mass is 79.9. The molecule has 0 aliphatic heterocycles. The van der Waals surface area contributed by atoms with Crippen LogP contribution in [0.25, 0.3) is 0 Å². The summed E-state index contributed by atoms with van der Waals surface area (Å²) in [4.78, 5) is 0. The summed E-state index contributed by atoms with van der Waals surface area (Å²) in [6.07, 6.45) is 0. The van der Waals surface area contributed by atoms with Crippen LogP contribution in [0.2, 0.25) is 0 Å². The van der Waals surface area contributed by atoms with Crippen molar-refractivity contribution in [2.75, 3.05) is 0 Å². The molecular formula is C14H10BrNO. The summed E-state index contributed by atoms with van der Waals surface area (Å²) in [7, 11) is 0. The quantitative estimate of drug-likeness (QED) is 0.858. The standard InChI is InChI=1S/C14H10BrNO/c15-13-7-6-12(9-16)14(8-13)17-10-11-4-2-1-3-5-11/h1-8H,10H2. The molecule has 0 heterocycles. The molecule has 2 nitrogen and oxygen atoms in total. The minimum atomic E-state index is 0.464. The van der Waals surface area contributed by atoms with E-state index in [9.17, 15) is 0 Å². The number of nitrogens with zero attached hydrogens (tertiary/aromatic N) is 1. The molecule has 2 rings (SSSR count). The third-order valence-corrected chi connectivity index (χ3v) is 2.79. The molecule has 0 bridgehead atoms. The lowest BCUT2D eigenvalue weighted by Crippen LogP contribution is -1.96. The van der Waals surface area contributed by atoms with Gasteiger partial charge in [-0.25, -0.2) is 0 Å². The molecular weight excluding hydrogens is 278 g/mol. The maximum atomic E-state index is 8.96. The predicted molar refractivity (Wildman–Crippen MR) is 69.6 cm³/mol. The molecule has 0 aliphatic rings. The molecule has 0 aromatic heterocycles. The van der Waals surface area contributed by atoms with Crippen LogP contribution in [-0.2, 0) is 6.61 Å². The molecule has 0 saturated carbocycles. The van der Waals surface area contributed by atoms with Gasteiger partial charge < -0.3 is 4.74 Å². The van der Waals surface area contributed by atoms with E-state index in [0.717, 1.165) is 10.0 Å². The van der Waals surface area contributed by atoms with Gasteiger partial charge in [-0.1, -0.05) is 46.3 Å². The van der Waals surface area contributed by atoms with Crippen molar-refractivity contribution < 1.29 is 4.74 Å². The molecule has 0 saturated heterocycles. The van der Waals surface area contributed by atoms with Crippen LogP contribution in [0.15, 0.2) is 53.0 Å². The molecule has 2 aromatic carbocycles. The van der Waals surface area contributed by atoms with E-state index in [2.05, 4.69) is 22.0 Å². The van der Waals surface area contributed by atoms with Crippen molar-refractivity contribution in [3.63, 3.8) is 0 Å². The summed E-state index contributed by atoms with van der Waals surface area (Å²) >= 11 is 3.36. The molecule has 0 radical (unpaired) electrons. The van der Waals surface area contributed by atoms with Gasteiger partial charge >= 0.3 is 0 Å². The van der Waals surface area contributed by atoms with E-state index >= 15 is 0 Å². The monoisotopic (exact) mass is 287 g/mol. The summed E-state index contributed by atoms with van der Waals surface area (Å²) in [6.45, 7) is 0.464. The Morgan fingerprint density at radius 2 is 1.88 bits per heavy atom. The number of rotatable bonds is 3. The number of benzene rings is 2. The highest BCUT2D eigenvalue weighted by Gasteiger charge is 2.04. The third-order valence-electron chi connectivity index (χ3n) is 2.30. The Morgan fingerprint density at radius 3 is 2.59 bits per heavy atom. The Labute approximate surface area is 109 Å². The highest BCUT2D eigenvalue weighted by Crippen LogP contribution is 2.23. The Kier molecular flexibility index (Phi) is 3.79. The molecule has 0 N–H and O–H groups in total. The zero-order valence-corrected chi connectivity index (χ0v) is 10.6. The van der Waals surface area contributed by atoms with Gasteiger partial charge in [-0.15, -0.1) is 0 Å². The van der Waals surface area contributed by atoms with Gasteiger partial charge in [0.05, 0.1) is 5.56 Å². The first-order chi connectivity index (χ1) is 8.29. The molecule has 0 atom stereocenters. The Balaban J connectivity index is 2.14. The van der Waals surface area contributed by atoms with Crippen LogP contribution in [0.4, 0.5) is 0 Å². The molecule has 2 aromatic rings. The molecule has 84 valence electrons. The van der Waals surface area contributed by atoms with Gasteiger partial charge in [0.2, 0.25) is 0 Å². The van der Waals surface area contributed by atoms with Gasteiger partial charge in [0.15, 0.2) is 0 Å². The van der Waals surface area contributed by atoms with Crippen molar-refractivity contribution in [2.45, 2.75) is 6.61 Å². The van der Waals surface area contributed by atoms with Crippen molar-refractivity contribution in [3.05, 3.63) is 64.1 Å². The highest BCUT2D eigenvalue weighted by molar-refractivity contribution is 9.10. The number of nitriles is 1. The largest absolute Gasteiger partial charge is 0.487 e. The fourth-order valence-corrected chi connectivity index (χ4v) is 1.78. The molecule has 0 spiro atoms. The van der Waals surface area contributed by atoms with Crippen LogP contribution in [0.3, 0.4) is 0 Å². The average Bonchev–Trinajstić information content (AvgIpc) is 2.38. The van der Waals surface area contributed by atoms with Crippen molar-refractivity contribution in [3.8, 4) is 11.8 Å². The molecule has 0 unspecified atom stereocenters. The first-order valence-electron chi connectivity index (χ1n) is 5.16. The van der Waals surface area contributed by atoms with Crippen LogP contribution in [0, 0.1) is 11.3 Å². The molecule has 3 heteroatoms. The van der Waals surface area contributed by atoms with Crippen molar-refractivity contribution in [1.82, 2.24) is 0 Å². The normalized spacial score (nSPS) is 9.65. The average molecular weight is 288 g/mol. The van der Waals surface area contributed by atoms with Crippen LogP contribution in [0.1, 0.15) is 11.1 Å². The predicted octanol–water partition coefficient (Wildman–Crippen LogP) is 3.90. The van der Waals surface area contributed by atoms with E-state index in [-0.39, 0.29) is 0 Å². The first-order valence-corrected chi connectivity index (χ1v) is 5.95. The smallest absolute Gasteiger partial charge is 0.138 e. The minimum absolute atomic E-state index is 0.464. The Bertz CT molecular complexity index is 546. The van der Waals surface area contributed by atoms with Gasteiger partial charge in [-0.2, -0.15) is 5.26 Å². The van der Waals surface area contributed by atoms with Gasteiger partial charge in [0, 0.05) is 4.47 Å². The topological polar surface area (TPSA) is 33.0 Å². The first kappa shape index (κ1) is 11.7. The second-order valence-corrected chi connectivity index (χ2v) is 4.44. The zero-order chi connectivity index (χ0) is 12.1. The number of halogens is 1. The second-order valence-electron chi connectivity index (χ2n) is 3.53. The van der Waals surface area contributed by atoms with Crippen LogP contribution in [0.5, 0.6) is 5.75 Å².